The van der Waals surface area contributed by atoms with E-state index in [-0.39, 0.29) is 11.6 Å². The molecule has 1 aromatic carbocycles. The lowest BCUT2D eigenvalue weighted by Gasteiger charge is -2.36. The fourth-order valence-electron chi connectivity index (χ4n) is 3.57. The molecule has 142 valence electrons. The van der Waals surface area contributed by atoms with Crippen LogP contribution in [0.15, 0.2) is 41.5 Å². The van der Waals surface area contributed by atoms with Gasteiger partial charge in [0, 0.05) is 29.1 Å². The number of nitrogens with one attached hydrogen (secondary N) is 1. The lowest BCUT2D eigenvalue weighted by atomic mass is 9.79. The van der Waals surface area contributed by atoms with Crippen LogP contribution in [0.5, 0.6) is 5.75 Å². The number of aromatic nitrogens is 1. The van der Waals surface area contributed by atoms with E-state index in [0.717, 1.165) is 23.5 Å². The Balaban J connectivity index is 1.66. The number of fused-ring (bicyclic) bond motifs is 3. The Morgan fingerprint density at radius 3 is 3.04 bits per heavy atom. The summed E-state index contributed by atoms with van der Waals surface area (Å²) in [5.74, 6) is 1.61. The van der Waals surface area contributed by atoms with Gasteiger partial charge in [-0.15, -0.1) is 0 Å². The van der Waals surface area contributed by atoms with Crippen molar-refractivity contribution in [3.05, 3.63) is 53.3 Å². The van der Waals surface area contributed by atoms with Gasteiger partial charge in [-0.2, -0.15) is 5.26 Å². The highest BCUT2D eigenvalue weighted by atomic mass is 32.2. The van der Waals surface area contributed by atoms with Crippen LogP contribution in [-0.2, 0) is 5.54 Å². The third kappa shape index (κ3) is 3.29. The lowest BCUT2D eigenvalue weighted by Crippen LogP contribution is -2.37. The first kappa shape index (κ1) is 18.3. The van der Waals surface area contributed by atoms with Crippen LogP contribution >= 0.6 is 11.8 Å². The SMILES string of the molecule is C[C@@]12N=C(N)SC[C@@H]1CCOc1ccc(NC(=O)c3ccc(C#N)cn3)cc12. The Kier molecular flexibility index (Phi) is 4.69. The molecule has 3 heterocycles. The van der Waals surface area contributed by atoms with E-state index < -0.39 is 5.54 Å². The smallest absolute Gasteiger partial charge is 0.274 e. The number of nitrogens with zero attached hydrogens (tertiary/aromatic N) is 3. The van der Waals surface area contributed by atoms with Crippen LogP contribution in [-0.4, -0.2) is 28.4 Å². The molecule has 0 fully saturated rings. The standard InChI is InChI=1S/C20H19N5O2S/c1-20-13(11-28-19(22)25-20)6-7-27-17-5-3-14(8-15(17)20)24-18(26)16-4-2-12(9-21)10-23-16/h2-5,8,10,13H,6-7,11H2,1H3,(H2,22,25)(H,24,26)/t13-,20+/m0/s1. The molecule has 2 aliphatic heterocycles. The molecule has 28 heavy (non-hydrogen) atoms. The molecular weight excluding hydrogens is 374 g/mol. The van der Waals surface area contributed by atoms with Crippen molar-refractivity contribution in [2.45, 2.75) is 18.9 Å². The van der Waals surface area contributed by atoms with E-state index in [9.17, 15) is 4.79 Å². The van der Waals surface area contributed by atoms with Crippen molar-refractivity contribution in [3.8, 4) is 11.8 Å². The zero-order valence-electron chi connectivity index (χ0n) is 15.3. The Hall–Kier alpha value is -3.05. The number of nitrogens with two attached hydrogens (primary N) is 1. The van der Waals surface area contributed by atoms with E-state index in [4.69, 9.17) is 20.7 Å². The topological polar surface area (TPSA) is 113 Å². The highest BCUT2D eigenvalue weighted by Crippen LogP contribution is 2.47. The summed E-state index contributed by atoms with van der Waals surface area (Å²) < 4.78 is 5.94. The summed E-state index contributed by atoms with van der Waals surface area (Å²) in [5.41, 5.74) is 7.73. The summed E-state index contributed by atoms with van der Waals surface area (Å²) in [5, 5.41) is 12.3. The number of pyridine rings is 1. The number of hydrogen-bond donors (Lipinski definition) is 2. The molecule has 0 spiro atoms. The van der Waals surface area contributed by atoms with E-state index in [1.165, 1.54) is 12.3 Å². The summed E-state index contributed by atoms with van der Waals surface area (Å²) in [6.07, 6.45) is 2.27. The quantitative estimate of drug-likeness (QED) is 0.811. The molecule has 0 radical (unpaired) electrons. The first-order valence-electron chi connectivity index (χ1n) is 8.92. The predicted molar refractivity (Wildman–Crippen MR) is 108 cm³/mol. The normalized spacial score (nSPS) is 23.1. The zero-order valence-corrected chi connectivity index (χ0v) is 16.1. The van der Waals surface area contributed by atoms with E-state index in [1.807, 2.05) is 18.2 Å². The Morgan fingerprint density at radius 1 is 1.43 bits per heavy atom. The van der Waals surface area contributed by atoms with Gasteiger partial charge in [0.15, 0.2) is 5.17 Å². The molecule has 1 amide bonds. The van der Waals surface area contributed by atoms with E-state index in [1.54, 1.807) is 23.9 Å². The van der Waals surface area contributed by atoms with Gasteiger partial charge in [-0.25, -0.2) is 4.98 Å². The Labute approximate surface area is 167 Å². The van der Waals surface area contributed by atoms with Gasteiger partial charge in [0.1, 0.15) is 17.5 Å². The van der Waals surface area contributed by atoms with Crippen LogP contribution < -0.4 is 15.8 Å². The van der Waals surface area contributed by atoms with Crippen molar-refractivity contribution in [1.29, 1.82) is 5.26 Å². The number of amidine groups is 1. The average molecular weight is 393 g/mol. The van der Waals surface area contributed by atoms with Gasteiger partial charge >= 0.3 is 0 Å². The number of amides is 1. The van der Waals surface area contributed by atoms with Gasteiger partial charge in [-0.1, -0.05) is 11.8 Å². The van der Waals surface area contributed by atoms with Gasteiger partial charge in [-0.3, -0.25) is 9.79 Å². The van der Waals surface area contributed by atoms with Crippen molar-refractivity contribution in [1.82, 2.24) is 4.98 Å². The zero-order chi connectivity index (χ0) is 19.7. The minimum atomic E-state index is -0.491. The molecule has 0 unspecified atom stereocenters. The van der Waals surface area contributed by atoms with E-state index in [2.05, 4.69) is 17.2 Å². The highest BCUT2D eigenvalue weighted by Gasteiger charge is 2.42. The molecule has 0 bridgehead atoms. The van der Waals surface area contributed by atoms with Crippen molar-refractivity contribution in [3.63, 3.8) is 0 Å². The molecule has 8 heteroatoms. The van der Waals surface area contributed by atoms with Crippen LogP contribution in [0.1, 0.15) is 35.0 Å². The number of carbonyl (C=O) groups is 1. The molecular formula is C20H19N5O2S. The summed E-state index contributed by atoms with van der Waals surface area (Å²) in [6, 6.07) is 10.6. The van der Waals surface area contributed by atoms with Crippen LogP contribution in [0.25, 0.3) is 0 Å². The molecule has 2 aliphatic rings. The monoisotopic (exact) mass is 393 g/mol. The second kappa shape index (κ2) is 7.17. The number of nitriles is 1. The molecule has 1 aromatic heterocycles. The Bertz CT molecular complexity index is 999. The van der Waals surface area contributed by atoms with Gasteiger partial charge in [0.2, 0.25) is 0 Å². The van der Waals surface area contributed by atoms with E-state index in [0.29, 0.717) is 28.9 Å². The van der Waals surface area contributed by atoms with Crippen molar-refractivity contribution in [2.75, 3.05) is 17.7 Å². The first-order valence-corrected chi connectivity index (χ1v) is 9.91. The summed E-state index contributed by atoms with van der Waals surface area (Å²) in [6.45, 7) is 2.70. The van der Waals surface area contributed by atoms with E-state index >= 15 is 0 Å². The molecule has 2 aromatic rings. The van der Waals surface area contributed by atoms with Crippen molar-refractivity contribution >= 4 is 28.5 Å². The number of benzene rings is 1. The van der Waals surface area contributed by atoms with Crippen LogP contribution in [0, 0.1) is 17.2 Å². The maximum absolute atomic E-state index is 12.5. The maximum atomic E-state index is 12.5. The van der Waals surface area contributed by atoms with Crippen LogP contribution in [0.2, 0.25) is 0 Å². The number of carbonyl (C=O) groups excluding carboxylic acids is 1. The minimum Gasteiger partial charge on any atom is -0.493 e. The molecule has 2 atom stereocenters. The number of rotatable bonds is 2. The third-order valence-electron chi connectivity index (χ3n) is 5.20. The second-order valence-corrected chi connectivity index (χ2v) is 7.99. The number of ether oxygens (including phenoxy) is 1. The van der Waals surface area contributed by atoms with Crippen LogP contribution in [0.4, 0.5) is 5.69 Å². The van der Waals surface area contributed by atoms with Gasteiger partial charge in [-0.05, 0) is 43.7 Å². The van der Waals surface area contributed by atoms with Crippen molar-refractivity contribution < 1.29 is 9.53 Å². The fourth-order valence-corrected chi connectivity index (χ4v) is 4.69. The molecule has 0 saturated carbocycles. The molecule has 0 aliphatic carbocycles. The van der Waals surface area contributed by atoms with Crippen LogP contribution in [0.3, 0.4) is 0 Å². The van der Waals surface area contributed by atoms with Gasteiger partial charge in [0.05, 0.1) is 17.7 Å². The van der Waals surface area contributed by atoms with Gasteiger partial charge < -0.3 is 15.8 Å². The third-order valence-corrected chi connectivity index (χ3v) is 6.16. The van der Waals surface area contributed by atoms with Gasteiger partial charge in [0.25, 0.3) is 5.91 Å². The predicted octanol–water partition coefficient (Wildman–Crippen LogP) is 2.88. The summed E-state index contributed by atoms with van der Waals surface area (Å²) >= 11 is 1.57. The second-order valence-electron chi connectivity index (χ2n) is 6.95. The molecule has 3 N–H and O–H groups in total. The number of hydrogen-bond acceptors (Lipinski definition) is 7. The molecule has 7 nitrogen and oxygen atoms in total. The average Bonchev–Trinajstić information content (AvgIpc) is 2.84. The van der Waals surface area contributed by atoms with Crippen molar-refractivity contribution in [2.24, 2.45) is 16.6 Å². The summed E-state index contributed by atoms with van der Waals surface area (Å²) in [7, 11) is 0. The minimum absolute atomic E-state index is 0.241. The number of anilines is 1. The largest absolute Gasteiger partial charge is 0.493 e. The number of thioether (sulfide) groups is 1. The fraction of sp³-hybridized carbons (Fsp3) is 0.300. The lowest BCUT2D eigenvalue weighted by molar-refractivity contribution is 0.102. The highest BCUT2D eigenvalue weighted by molar-refractivity contribution is 8.13. The number of aliphatic imine (C=N–C) groups is 1. The Morgan fingerprint density at radius 2 is 2.29 bits per heavy atom. The molecule has 0 saturated heterocycles. The summed E-state index contributed by atoms with van der Waals surface area (Å²) in [4.78, 5) is 21.3. The molecule has 4 rings (SSSR count). The maximum Gasteiger partial charge on any atom is 0.274 e. The first-order chi connectivity index (χ1) is 13.5.